The third-order valence-corrected chi connectivity index (χ3v) is 7.76. The number of anilines is 1. The second-order valence-corrected chi connectivity index (χ2v) is 10.2. The highest BCUT2D eigenvalue weighted by Crippen LogP contribution is 2.37. The van der Waals surface area contributed by atoms with Crippen LogP contribution in [0.4, 0.5) is 23.2 Å². The Hall–Kier alpha value is -3.59. The Kier molecular flexibility index (Phi) is 7.79. The Morgan fingerprint density at radius 1 is 0.923 bits per heavy atom. The minimum atomic E-state index is -4.43. The largest absolute Gasteiger partial charge is 0.497 e. The summed E-state index contributed by atoms with van der Waals surface area (Å²) in [5, 5.41) is 0. The first kappa shape index (κ1) is 27.0. The van der Waals surface area contributed by atoms with E-state index >= 15 is 0 Å². The summed E-state index contributed by atoms with van der Waals surface area (Å²) in [4.78, 5) is 19.6. The van der Waals surface area contributed by atoms with Gasteiger partial charge in [-0.1, -0.05) is 18.2 Å². The summed E-state index contributed by atoms with van der Waals surface area (Å²) in [7, 11) is 1.56. The first-order valence-corrected chi connectivity index (χ1v) is 13.0. The number of ether oxygens (including phenoxy) is 1. The molecule has 0 bridgehead atoms. The highest BCUT2D eigenvalue weighted by atomic mass is 19.4. The van der Waals surface area contributed by atoms with Gasteiger partial charge in [0.1, 0.15) is 11.6 Å². The number of nitrogens with zero attached hydrogens (tertiary/aromatic N) is 3. The number of hydrogen-bond donors (Lipinski definition) is 0. The average Bonchev–Trinajstić information content (AvgIpc) is 3.37. The van der Waals surface area contributed by atoms with Crippen molar-refractivity contribution < 1.29 is 27.1 Å². The van der Waals surface area contributed by atoms with Crippen molar-refractivity contribution in [2.24, 2.45) is 5.92 Å². The van der Waals surface area contributed by atoms with Crippen molar-refractivity contribution >= 4 is 11.6 Å². The Morgan fingerprint density at radius 3 is 2.26 bits per heavy atom. The molecule has 0 aliphatic carbocycles. The molecular weight excluding hydrogens is 510 g/mol. The molecule has 0 N–H and O–H groups in total. The molecule has 2 atom stereocenters. The molecule has 2 heterocycles. The second-order valence-electron chi connectivity index (χ2n) is 10.2. The van der Waals surface area contributed by atoms with Gasteiger partial charge in [0, 0.05) is 63.0 Å². The maximum Gasteiger partial charge on any atom is 0.416 e. The van der Waals surface area contributed by atoms with Crippen LogP contribution in [-0.2, 0) is 6.18 Å². The Labute approximate surface area is 225 Å². The van der Waals surface area contributed by atoms with E-state index in [1.807, 2.05) is 0 Å². The normalized spacial score (nSPS) is 20.3. The number of likely N-dealkylation sites (tertiary alicyclic amines) is 1. The van der Waals surface area contributed by atoms with Crippen LogP contribution >= 0.6 is 0 Å². The van der Waals surface area contributed by atoms with Crippen LogP contribution in [0.5, 0.6) is 5.75 Å². The van der Waals surface area contributed by atoms with Gasteiger partial charge in [0.2, 0.25) is 0 Å². The molecule has 2 saturated heterocycles. The molecular formula is C30H31F4N3O2. The maximum atomic E-state index is 13.5. The van der Waals surface area contributed by atoms with Crippen molar-refractivity contribution in [2.75, 3.05) is 57.8 Å². The molecule has 3 aromatic rings. The first-order chi connectivity index (χ1) is 18.7. The number of carbonyl (C=O) groups excluding carboxylic acids is 1. The van der Waals surface area contributed by atoms with Crippen molar-refractivity contribution in [2.45, 2.75) is 12.1 Å². The van der Waals surface area contributed by atoms with Gasteiger partial charge in [-0.25, -0.2) is 4.39 Å². The number of halogens is 4. The molecule has 5 rings (SSSR count). The number of benzene rings is 3. The SMILES string of the molecule is COc1ccc(C(=O)N2CC(CN3CCN(c4ccc(F)cc4)CC3)C(c3cccc(C(F)(F)F)c3)C2)cc1. The number of amides is 1. The Morgan fingerprint density at radius 2 is 1.62 bits per heavy atom. The van der Waals surface area contributed by atoms with Gasteiger partial charge >= 0.3 is 6.18 Å². The van der Waals surface area contributed by atoms with Gasteiger partial charge in [-0.15, -0.1) is 0 Å². The van der Waals surface area contributed by atoms with Crippen LogP contribution in [-0.4, -0.2) is 68.6 Å². The lowest BCUT2D eigenvalue weighted by molar-refractivity contribution is -0.137. The van der Waals surface area contributed by atoms with E-state index in [-0.39, 0.29) is 23.6 Å². The first-order valence-electron chi connectivity index (χ1n) is 13.0. The highest BCUT2D eigenvalue weighted by Gasteiger charge is 2.39. The summed E-state index contributed by atoms with van der Waals surface area (Å²) in [6.07, 6.45) is -4.43. The smallest absolute Gasteiger partial charge is 0.416 e. The molecule has 3 aromatic carbocycles. The average molecular weight is 542 g/mol. The van der Waals surface area contributed by atoms with Gasteiger partial charge in [0.25, 0.3) is 5.91 Å². The number of carbonyl (C=O) groups is 1. The predicted octanol–water partition coefficient (Wildman–Crippen LogP) is 5.53. The molecule has 0 spiro atoms. The third kappa shape index (κ3) is 6.19. The minimum Gasteiger partial charge on any atom is -0.497 e. The minimum absolute atomic E-state index is 0.0203. The number of alkyl halides is 3. The van der Waals surface area contributed by atoms with Gasteiger partial charge in [0.15, 0.2) is 0 Å². The van der Waals surface area contributed by atoms with E-state index in [0.29, 0.717) is 36.5 Å². The molecule has 5 nitrogen and oxygen atoms in total. The van der Waals surface area contributed by atoms with Crippen LogP contribution in [0, 0.1) is 11.7 Å². The molecule has 206 valence electrons. The lowest BCUT2D eigenvalue weighted by Gasteiger charge is -2.38. The fraction of sp³-hybridized carbons (Fsp3) is 0.367. The van der Waals surface area contributed by atoms with Crippen molar-refractivity contribution in [1.82, 2.24) is 9.80 Å². The lowest BCUT2D eigenvalue weighted by Crippen LogP contribution is -2.48. The van der Waals surface area contributed by atoms with Gasteiger partial charge in [-0.2, -0.15) is 13.2 Å². The summed E-state index contributed by atoms with van der Waals surface area (Å²) < 4.78 is 59.0. The number of rotatable bonds is 6. The molecule has 0 radical (unpaired) electrons. The van der Waals surface area contributed by atoms with Gasteiger partial charge in [-0.05, 0) is 66.1 Å². The van der Waals surface area contributed by atoms with Crippen molar-refractivity contribution in [1.29, 1.82) is 0 Å². The summed E-state index contributed by atoms with van der Waals surface area (Å²) in [5.41, 5.74) is 1.42. The molecule has 1 amide bonds. The zero-order chi connectivity index (χ0) is 27.6. The van der Waals surface area contributed by atoms with Crippen LogP contribution in [0.2, 0.25) is 0 Å². The zero-order valence-corrected chi connectivity index (χ0v) is 21.7. The molecule has 2 fully saturated rings. The fourth-order valence-corrected chi connectivity index (χ4v) is 5.63. The molecule has 2 aliphatic heterocycles. The van der Waals surface area contributed by atoms with E-state index in [1.54, 1.807) is 54.5 Å². The molecule has 2 unspecified atom stereocenters. The standard InChI is InChI=1S/C30H31F4N3O2/c1-39-27-11-5-21(6-12-27)29(38)37-19-23(28(20-37)22-3-2-4-24(17-22)30(32,33)34)18-35-13-15-36(16-14-35)26-9-7-25(31)8-10-26/h2-12,17,23,28H,13-16,18-20H2,1H3. The monoisotopic (exact) mass is 541 g/mol. The van der Waals surface area contributed by atoms with Gasteiger partial charge < -0.3 is 14.5 Å². The topological polar surface area (TPSA) is 36.0 Å². The van der Waals surface area contributed by atoms with Gasteiger partial charge in [-0.3, -0.25) is 9.69 Å². The third-order valence-electron chi connectivity index (χ3n) is 7.76. The molecule has 0 saturated carbocycles. The highest BCUT2D eigenvalue weighted by molar-refractivity contribution is 5.94. The van der Waals surface area contributed by atoms with E-state index in [2.05, 4.69) is 9.80 Å². The fourth-order valence-electron chi connectivity index (χ4n) is 5.63. The van der Waals surface area contributed by atoms with E-state index in [0.717, 1.165) is 37.9 Å². The van der Waals surface area contributed by atoms with E-state index < -0.39 is 11.7 Å². The zero-order valence-electron chi connectivity index (χ0n) is 21.7. The number of hydrogen-bond acceptors (Lipinski definition) is 4. The lowest BCUT2D eigenvalue weighted by atomic mass is 9.87. The molecule has 39 heavy (non-hydrogen) atoms. The summed E-state index contributed by atoms with van der Waals surface area (Å²) in [6, 6.07) is 18.8. The predicted molar refractivity (Wildman–Crippen MR) is 142 cm³/mol. The maximum absolute atomic E-state index is 13.5. The molecule has 2 aliphatic rings. The van der Waals surface area contributed by atoms with Gasteiger partial charge in [0.05, 0.1) is 12.7 Å². The Bertz CT molecular complexity index is 1270. The number of methoxy groups -OCH3 is 1. The summed E-state index contributed by atoms with van der Waals surface area (Å²) in [6.45, 7) is 4.56. The molecule has 0 aromatic heterocycles. The van der Waals surface area contributed by atoms with Crippen LogP contribution in [0.25, 0.3) is 0 Å². The van der Waals surface area contributed by atoms with Crippen molar-refractivity contribution in [3.8, 4) is 5.75 Å². The van der Waals surface area contributed by atoms with E-state index in [4.69, 9.17) is 4.74 Å². The van der Waals surface area contributed by atoms with Crippen LogP contribution < -0.4 is 9.64 Å². The van der Waals surface area contributed by atoms with Crippen LogP contribution in [0.15, 0.2) is 72.8 Å². The Balaban J connectivity index is 1.32. The van der Waals surface area contributed by atoms with Crippen LogP contribution in [0.3, 0.4) is 0 Å². The quantitative estimate of drug-likeness (QED) is 0.385. The summed E-state index contributed by atoms with van der Waals surface area (Å²) in [5.74, 6) is -0.00333. The van der Waals surface area contributed by atoms with Crippen molar-refractivity contribution in [3.05, 3.63) is 95.3 Å². The number of piperazine rings is 1. The molecule has 9 heteroatoms. The van der Waals surface area contributed by atoms with E-state index in [1.165, 1.54) is 24.3 Å². The van der Waals surface area contributed by atoms with Crippen molar-refractivity contribution in [3.63, 3.8) is 0 Å². The summed E-state index contributed by atoms with van der Waals surface area (Å²) >= 11 is 0. The van der Waals surface area contributed by atoms with E-state index in [9.17, 15) is 22.4 Å². The van der Waals surface area contributed by atoms with Crippen LogP contribution in [0.1, 0.15) is 27.4 Å². The second kappa shape index (κ2) is 11.3.